The molecule has 1 amide bonds. The van der Waals surface area contributed by atoms with Gasteiger partial charge in [0.2, 0.25) is 5.91 Å². The van der Waals surface area contributed by atoms with Gasteiger partial charge in [-0.3, -0.25) is 9.69 Å². The van der Waals surface area contributed by atoms with E-state index in [1.165, 1.54) is 16.0 Å². The number of benzene rings is 2. The highest BCUT2D eigenvalue weighted by atomic mass is 35.5. The number of rotatable bonds is 10. The van der Waals surface area contributed by atoms with Crippen LogP contribution in [0.3, 0.4) is 0 Å². The van der Waals surface area contributed by atoms with Gasteiger partial charge in [-0.1, -0.05) is 48.1 Å². The molecule has 0 aliphatic rings. The van der Waals surface area contributed by atoms with Crippen molar-refractivity contribution in [2.75, 3.05) is 37.8 Å². The zero-order valence-electron chi connectivity index (χ0n) is 18.8. The number of nitrogens with zero attached hydrogens (tertiary/aromatic N) is 3. The number of hydrogen-bond acceptors (Lipinski definition) is 5. The Balaban J connectivity index is 0.00000341. The van der Waals surface area contributed by atoms with Crippen LogP contribution in [0.25, 0.3) is 10.2 Å². The molecule has 0 N–H and O–H groups in total. The van der Waals surface area contributed by atoms with Crippen molar-refractivity contribution in [3.63, 3.8) is 0 Å². The molecule has 0 aliphatic heterocycles. The summed E-state index contributed by atoms with van der Waals surface area (Å²) in [5.41, 5.74) is 3.55. The minimum Gasteiger partial charge on any atom is -0.308 e. The summed E-state index contributed by atoms with van der Waals surface area (Å²) in [5.74, 6) is 1.11. The predicted octanol–water partition coefficient (Wildman–Crippen LogP) is 6.06. The zero-order valence-corrected chi connectivity index (χ0v) is 21.2. The molecule has 2 aromatic carbocycles. The van der Waals surface area contributed by atoms with Crippen LogP contribution in [-0.4, -0.2) is 48.7 Å². The van der Waals surface area contributed by atoms with Crippen molar-refractivity contribution >= 4 is 56.8 Å². The van der Waals surface area contributed by atoms with E-state index in [-0.39, 0.29) is 18.3 Å². The standard InChI is InChI=1S/C24H31N3OS2.ClH/c1-5-19-8-6-9-21-23(19)25-24(30-21)27(16-15-26(3)4)22(28)10-7-17-29-20-13-11-18(2)12-14-20;/h6,8-9,11-14H,5,7,10,15-17H2,1-4H3;1H. The second-order valence-electron chi connectivity index (χ2n) is 7.73. The van der Waals surface area contributed by atoms with Crippen LogP contribution in [0, 0.1) is 6.92 Å². The van der Waals surface area contributed by atoms with Crippen LogP contribution in [0.5, 0.6) is 0 Å². The van der Waals surface area contributed by atoms with Gasteiger partial charge in [0, 0.05) is 24.4 Å². The fourth-order valence-electron chi connectivity index (χ4n) is 3.20. The second kappa shape index (κ2) is 12.4. The molecule has 7 heteroatoms. The lowest BCUT2D eigenvalue weighted by atomic mass is 10.1. The number of carbonyl (C=O) groups excluding carboxylic acids is 1. The lowest BCUT2D eigenvalue weighted by Gasteiger charge is -2.22. The van der Waals surface area contributed by atoms with Crippen molar-refractivity contribution in [3.05, 3.63) is 53.6 Å². The lowest BCUT2D eigenvalue weighted by molar-refractivity contribution is -0.118. The Morgan fingerprint density at radius 1 is 1.10 bits per heavy atom. The smallest absolute Gasteiger partial charge is 0.228 e. The van der Waals surface area contributed by atoms with E-state index in [0.29, 0.717) is 13.0 Å². The summed E-state index contributed by atoms with van der Waals surface area (Å²) in [6.07, 6.45) is 2.35. The first-order valence-corrected chi connectivity index (χ1v) is 12.3. The molecule has 0 aliphatic carbocycles. The van der Waals surface area contributed by atoms with Gasteiger partial charge >= 0.3 is 0 Å². The van der Waals surface area contributed by atoms with Crippen molar-refractivity contribution in [1.82, 2.24) is 9.88 Å². The van der Waals surface area contributed by atoms with Crippen molar-refractivity contribution in [2.24, 2.45) is 0 Å². The summed E-state index contributed by atoms with van der Waals surface area (Å²) in [6.45, 7) is 5.73. The molecule has 4 nitrogen and oxygen atoms in total. The molecule has 0 spiro atoms. The van der Waals surface area contributed by atoms with Gasteiger partial charge < -0.3 is 4.90 Å². The van der Waals surface area contributed by atoms with Gasteiger partial charge in [-0.25, -0.2) is 4.98 Å². The lowest BCUT2D eigenvalue weighted by Crippen LogP contribution is -2.36. The average molecular weight is 478 g/mol. The molecule has 0 radical (unpaired) electrons. The summed E-state index contributed by atoms with van der Waals surface area (Å²) >= 11 is 3.44. The molecule has 1 heterocycles. The van der Waals surface area contributed by atoms with E-state index in [0.717, 1.165) is 40.5 Å². The van der Waals surface area contributed by atoms with Crippen molar-refractivity contribution in [3.8, 4) is 0 Å². The largest absolute Gasteiger partial charge is 0.308 e. The molecule has 0 bridgehead atoms. The van der Waals surface area contributed by atoms with E-state index in [4.69, 9.17) is 4.98 Å². The van der Waals surface area contributed by atoms with Crippen LogP contribution in [0.1, 0.15) is 30.9 Å². The van der Waals surface area contributed by atoms with Crippen LogP contribution in [-0.2, 0) is 11.2 Å². The summed E-state index contributed by atoms with van der Waals surface area (Å²) in [5, 5.41) is 0.823. The molecular weight excluding hydrogens is 446 g/mol. The fourth-order valence-corrected chi connectivity index (χ4v) is 5.11. The minimum absolute atomic E-state index is 0. The molecule has 0 saturated carbocycles. The van der Waals surface area contributed by atoms with Crippen LogP contribution in [0.15, 0.2) is 47.4 Å². The first-order chi connectivity index (χ1) is 14.5. The molecule has 0 unspecified atom stereocenters. The predicted molar refractivity (Wildman–Crippen MR) is 138 cm³/mol. The third-order valence-corrected chi connectivity index (χ3v) is 7.14. The van der Waals surface area contributed by atoms with E-state index in [1.807, 2.05) is 30.8 Å². The Labute approximate surface area is 200 Å². The molecule has 0 saturated heterocycles. The molecular formula is C24H32ClN3OS2. The number of carbonyl (C=O) groups is 1. The van der Waals surface area contributed by atoms with E-state index < -0.39 is 0 Å². The van der Waals surface area contributed by atoms with E-state index in [9.17, 15) is 4.79 Å². The fraction of sp³-hybridized carbons (Fsp3) is 0.417. The Kier molecular flexibility index (Phi) is 10.3. The third kappa shape index (κ3) is 7.21. The van der Waals surface area contributed by atoms with Crippen LogP contribution in [0.4, 0.5) is 5.13 Å². The molecule has 0 fully saturated rings. The maximum absolute atomic E-state index is 13.1. The highest BCUT2D eigenvalue weighted by Gasteiger charge is 2.20. The van der Waals surface area contributed by atoms with E-state index in [2.05, 4.69) is 61.2 Å². The summed E-state index contributed by atoms with van der Waals surface area (Å²) in [4.78, 5) is 23.2. The normalized spacial score (nSPS) is 11.0. The number of fused-ring (bicyclic) bond motifs is 1. The quantitative estimate of drug-likeness (QED) is 0.263. The maximum atomic E-state index is 13.1. The number of likely N-dealkylation sites (N-methyl/N-ethyl adjacent to an activating group) is 1. The second-order valence-corrected chi connectivity index (χ2v) is 9.91. The number of hydrogen-bond donors (Lipinski definition) is 0. The van der Waals surface area contributed by atoms with E-state index >= 15 is 0 Å². The van der Waals surface area contributed by atoms with Gasteiger partial charge in [-0.15, -0.1) is 24.2 Å². The molecule has 3 rings (SSSR count). The van der Waals surface area contributed by atoms with Crippen molar-refractivity contribution in [2.45, 2.75) is 38.0 Å². The number of anilines is 1. The first kappa shape index (κ1) is 25.7. The van der Waals surface area contributed by atoms with Crippen LogP contribution < -0.4 is 4.90 Å². The summed E-state index contributed by atoms with van der Waals surface area (Å²) < 4.78 is 1.15. The van der Waals surface area contributed by atoms with Gasteiger partial charge in [-0.2, -0.15) is 0 Å². The highest BCUT2D eigenvalue weighted by molar-refractivity contribution is 7.99. The van der Waals surface area contributed by atoms with Gasteiger partial charge in [0.05, 0.1) is 10.2 Å². The summed E-state index contributed by atoms with van der Waals surface area (Å²) in [7, 11) is 4.07. The van der Waals surface area contributed by atoms with Gasteiger partial charge in [0.1, 0.15) is 0 Å². The first-order valence-electron chi connectivity index (χ1n) is 10.5. The number of thioether (sulfide) groups is 1. The van der Waals surface area contributed by atoms with Gasteiger partial charge in [0.25, 0.3) is 0 Å². The zero-order chi connectivity index (χ0) is 21.5. The maximum Gasteiger partial charge on any atom is 0.228 e. The Morgan fingerprint density at radius 2 is 1.84 bits per heavy atom. The Hall–Kier alpha value is -1.60. The Bertz CT molecular complexity index is 973. The molecule has 168 valence electrons. The number of aromatic nitrogens is 1. The number of para-hydroxylation sites is 1. The molecule has 3 aromatic rings. The number of thiazole rings is 1. The van der Waals surface area contributed by atoms with Gasteiger partial charge in [0.15, 0.2) is 5.13 Å². The summed E-state index contributed by atoms with van der Waals surface area (Å²) in [6, 6.07) is 14.9. The number of halogens is 1. The van der Waals surface area contributed by atoms with Crippen molar-refractivity contribution < 1.29 is 4.79 Å². The Morgan fingerprint density at radius 3 is 2.52 bits per heavy atom. The van der Waals surface area contributed by atoms with Crippen LogP contribution in [0.2, 0.25) is 0 Å². The topological polar surface area (TPSA) is 36.4 Å². The highest BCUT2D eigenvalue weighted by Crippen LogP contribution is 2.31. The molecule has 1 aromatic heterocycles. The van der Waals surface area contributed by atoms with Crippen molar-refractivity contribution in [1.29, 1.82) is 0 Å². The molecule has 0 atom stereocenters. The SMILES string of the molecule is CCc1cccc2sc(N(CCN(C)C)C(=O)CCCSc3ccc(C)cc3)nc12.Cl. The third-order valence-electron chi connectivity index (χ3n) is 5.00. The number of aryl methyl sites for hydroxylation is 2. The van der Waals surface area contributed by atoms with E-state index in [1.54, 1.807) is 11.3 Å². The average Bonchev–Trinajstić information content (AvgIpc) is 3.16. The minimum atomic E-state index is 0. The van der Waals surface area contributed by atoms with Crippen LogP contribution >= 0.6 is 35.5 Å². The number of amides is 1. The van der Waals surface area contributed by atoms with Gasteiger partial charge in [-0.05, 0) is 63.4 Å². The monoisotopic (exact) mass is 477 g/mol. The molecule has 31 heavy (non-hydrogen) atoms.